The Morgan fingerprint density at radius 2 is 1.75 bits per heavy atom. The molecule has 1 N–H and O–H groups in total. The van der Waals surface area contributed by atoms with Crippen molar-refractivity contribution in [1.82, 2.24) is 4.31 Å². The van der Waals surface area contributed by atoms with Gasteiger partial charge in [0, 0.05) is 24.8 Å². The predicted octanol–water partition coefficient (Wildman–Crippen LogP) is 2.39. The second-order valence-corrected chi connectivity index (χ2v) is 8.37. The van der Waals surface area contributed by atoms with Gasteiger partial charge in [0.25, 0.3) is 5.91 Å². The summed E-state index contributed by atoms with van der Waals surface area (Å²) in [6.07, 6.45) is 0. The van der Waals surface area contributed by atoms with Crippen LogP contribution in [0.3, 0.4) is 0 Å². The Bertz CT molecular complexity index is 974. The van der Waals surface area contributed by atoms with Gasteiger partial charge in [-0.3, -0.25) is 4.79 Å². The standard InChI is InChI=1S/C18H19ClN2O6S/c1-21(2)28(24,25)14-7-5-13(6-8-14)20-17(22)11-27-18(23)15-10-12(19)4-9-16(15)26-3/h4-10H,11H2,1-3H3,(H,20,22). The monoisotopic (exact) mass is 426 g/mol. The second-order valence-electron chi connectivity index (χ2n) is 5.78. The normalized spacial score (nSPS) is 11.2. The molecule has 0 saturated heterocycles. The van der Waals surface area contributed by atoms with E-state index in [0.717, 1.165) is 4.31 Å². The van der Waals surface area contributed by atoms with Gasteiger partial charge in [-0.15, -0.1) is 0 Å². The van der Waals surface area contributed by atoms with Gasteiger partial charge in [-0.1, -0.05) is 11.6 Å². The summed E-state index contributed by atoms with van der Waals surface area (Å²) >= 11 is 5.86. The molecule has 0 atom stereocenters. The third-order valence-electron chi connectivity index (χ3n) is 3.63. The lowest BCUT2D eigenvalue weighted by Gasteiger charge is -2.12. The van der Waals surface area contributed by atoms with Crippen LogP contribution in [0.25, 0.3) is 0 Å². The zero-order valence-electron chi connectivity index (χ0n) is 15.4. The first-order chi connectivity index (χ1) is 13.1. The van der Waals surface area contributed by atoms with Crippen molar-refractivity contribution in [2.75, 3.05) is 33.1 Å². The Balaban J connectivity index is 1.98. The van der Waals surface area contributed by atoms with E-state index in [4.69, 9.17) is 21.1 Å². The molecule has 2 aromatic rings. The Kier molecular flexibility index (Phi) is 7.00. The molecule has 0 saturated carbocycles. The molecule has 0 radical (unpaired) electrons. The van der Waals surface area contributed by atoms with E-state index >= 15 is 0 Å². The average Bonchev–Trinajstić information content (AvgIpc) is 2.66. The summed E-state index contributed by atoms with van der Waals surface area (Å²) in [5, 5.41) is 2.84. The van der Waals surface area contributed by atoms with Gasteiger partial charge in [0.15, 0.2) is 6.61 Å². The third-order valence-corrected chi connectivity index (χ3v) is 5.70. The van der Waals surface area contributed by atoms with E-state index in [0.29, 0.717) is 10.7 Å². The maximum Gasteiger partial charge on any atom is 0.342 e. The van der Waals surface area contributed by atoms with Crippen LogP contribution >= 0.6 is 11.6 Å². The van der Waals surface area contributed by atoms with Crippen molar-refractivity contribution in [1.29, 1.82) is 0 Å². The minimum absolute atomic E-state index is 0.0926. The van der Waals surface area contributed by atoms with E-state index in [9.17, 15) is 18.0 Å². The molecular weight excluding hydrogens is 408 g/mol. The van der Waals surface area contributed by atoms with Crippen LogP contribution < -0.4 is 10.1 Å². The number of hydrogen-bond acceptors (Lipinski definition) is 6. The van der Waals surface area contributed by atoms with Crippen LogP contribution in [0.5, 0.6) is 5.75 Å². The number of halogens is 1. The van der Waals surface area contributed by atoms with Gasteiger partial charge in [0.2, 0.25) is 10.0 Å². The molecular formula is C18H19ClN2O6S. The highest BCUT2D eigenvalue weighted by Crippen LogP contribution is 2.23. The summed E-state index contributed by atoms with van der Waals surface area (Å²) in [5.41, 5.74) is 0.458. The van der Waals surface area contributed by atoms with Crippen molar-refractivity contribution in [3.63, 3.8) is 0 Å². The topological polar surface area (TPSA) is 102 Å². The minimum Gasteiger partial charge on any atom is -0.496 e. The summed E-state index contributed by atoms with van der Waals surface area (Å²) in [6, 6.07) is 10.1. The molecule has 0 aliphatic rings. The number of sulfonamides is 1. The Labute approximate surface area is 168 Å². The molecule has 0 aromatic heterocycles. The lowest BCUT2D eigenvalue weighted by Crippen LogP contribution is -2.22. The number of nitrogens with one attached hydrogen (secondary N) is 1. The molecule has 0 fully saturated rings. The number of amides is 1. The van der Waals surface area contributed by atoms with Crippen molar-refractivity contribution >= 4 is 39.2 Å². The number of benzene rings is 2. The van der Waals surface area contributed by atoms with Gasteiger partial charge < -0.3 is 14.8 Å². The summed E-state index contributed by atoms with van der Waals surface area (Å²) in [5.74, 6) is -1.08. The molecule has 0 aliphatic carbocycles. The van der Waals surface area contributed by atoms with Crippen molar-refractivity contribution in [2.24, 2.45) is 0 Å². The van der Waals surface area contributed by atoms with Gasteiger partial charge in [-0.2, -0.15) is 0 Å². The van der Waals surface area contributed by atoms with Gasteiger partial charge in [-0.05, 0) is 42.5 Å². The van der Waals surface area contributed by atoms with Crippen molar-refractivity contribution in [3.8, 4) is 5.75 Å². The molecule has 150 valence electrons. The minimum atomic E-state index is -3.56. The SMILES string of the molecule is COc1ccc(Cl)cc1C(=O)OCC(=O)Nc1ccc(S(=O)(=O)N(C)C)cc1. The number of ether oxygens (including phenoxy) is 2. The zero-order valence-corrected chi connectivity index (χ0v) is 17.0. The number of anilines is 1. The van der Waals surface area contributed by atoms with Gasteiger partial charge in [0.05, 0.1) is 12.0 Å². The molecule has 0 heterocycles. The lowest BCUT2D eigenvalue weighted by molar-refractivity contribution is -0.119. The van der Waals surface area contributed by atoms with Gasteiger partial charge in [-0.25, -0.2) is 17.5 Å². The highest BCUT2D eigenvalue weighted by molar-refractivity contribution is 7.89. The second kappa shape index (κ2) is 9.05. The number of carbonyl (C=O) groups is 2. The number of hydrogen-bond donors (Lipinski definition) is 1. The first kappa shape index (κ1) is 21.7. The van der Waals surface area contributed by atoms with Crippen LogP contribution in [-0.4, -0.2) is 52.4 Å². The molecule has 0 unspecified atom stereocenters. The summed E-state index contributed by atoms with van der Waals surface area (Å²) in [6.45, 7) is -0.535. The van der Waals surface area contributed by atoms with E-state index in [1.165, 1.54) is 57.6 Å². The van der Waals surface area contributed by atoms with Crippen LogP contribution in [0.15, 0.2) is 47.4 Å². The highest BCUT2D eigenvalue weighted by atomic mass is 35.5. The maximum atomic E-state index is 12.1. The number of rotatable bonds is 7. The molecule has 10 heteroatoms. The number of nitrogens with zero attached hydrogens (tertiary/aromatic N) is 1. The molecule has 0 aliphatic heterocycles. The van der Waals surface area contributed by atoms with Crippen LogP contribution in [-0.2, 0) is 19.6 Å². The van der Waals surface area contributed by atoms with Gasteiger partial charge in [0.1, 0.15) is 11.3 Å². The summed E-state index contributed by atoms with van der Waals surface area (Å²) in [4.78, 5) is 24.2. The molecule has 0 spiro atoms. The summed E-state index contributed by atoms with van der Waals surface area (Å²) < 4.78 is 35.2. The highest BCUT2D eigenvalue weighted by Gasteiger charge is 2.18. The maximum absolute atomic E-state index is 12.1. The van der Waals surface area contributed by atoms with E-state index in [2.05, 4.69) is 5.32 Å². The van der Waals surface area contributed by atoms with Crippen LogP contribution in [0.1, 0.15) is 10.4 Å². The smallest absolute Gasteiger partial charge is 0.342 e. The van der Waals surface area contributed by atoms with Crippen molar-refractivity contribution in [3.05, 3.63) is 53.1 Å². The number of esters is 1. The zero-order chi connectivity index (χ0) is 20.9. The largest absolute Gasteiger partial charge is 0.496 e. The van der Waals surface area contributed by atoms with Crippen LogP contribution in [0, 0.1) is 0 Å². The molecule has 2 aromatic carbocycles. The molecule has 8 nitrogen and oxygen atoms in total. The number of methoxy groups -OCH3 is 1. The molecule has 1 amide bonds. The third kappa shape index (κ3) is 5.22. The quantitative estimate of drug-likeness (QED) is 0.682. The van der Waals surface area contributed by atoms with Crippen molar-refractivity contribution in [2.45, 2.75) is 4.90 Å². The fourth-order valence-corrected chi connectivity index (χ4v) is 3.24. The fourth-order valence-electron chi connectivity index (χ4n) is 2.17. The first-order valence-corrected chi connectivity index (χ1v) is 9.80. The average molecular weight is 427 g/mol. The first-order valence-electron chi connectivity index (χ1n) is 7.98. The van der Waals surface area contributed by atoms with E-state index in [-0.39, 0.29) is 16.2 Å². The van der Waals surface area contributed by atoms with E-state index in [1.807, 2.05) is 0 Å². The predicted molar refractivity (Wildman–Crippen MR) is 104 cm³/mol. The van der Waals surface area contributed by atoms with Gasteiger partial charge >= 0.3 is 5.97 Å². The Morgan fingerprint density at radius 3 is 2.32 bits per heavy atom. The Morgan fingerprint density at radius 1 is 1.11 bits per heavy atom. The van der Waals surface area contributed by atoms with E-state index < -0.39 is 28.5 Å². The van der Waals surface area contributed by atoms with Crippen molar-refractivity contribution < 1.29 is 27.5 Å². The molecule has 2 rings (SSSR count). The molecule has 0 bridgehead atoms. The Hall–Kier alpha value is -2.62. The lowest BCUT2D eigenvalue weighted by atomic mass is 10.2. The van der Waals surface area contributed by atoms with Crippen LogP contribution in [0.2, 0.25) is 5.02 Å². The fraction of sp³-hybridized carbons (Fsp3) is 0.222. The summed E-state index contributed by atoms with van der Waals surface area (Å²) in [7, 11) is 0.690. The number of carbonyl (C=O) groups excluding carboxylic acids is 2. The van der Waals surface area contributed by atoms with E-state index in [1.54, 1.807) is 6.07 Å². The van der Waals surface area contributed by atoms with Crippen LogP contribution in [0.4, 0.5) is 5.69 Å². The molecule has 28 heavy (non-hydrogen) atoms.